The molecule has 4 nitrogen and oxygen atoms in total. The second-order valence-corrected chi connectivity index (χ2v) is 5.74. The van der Waals surface area contributed by atoms with Gasteiger partial charge in [0.2, 0.25) is 0 Å². The fourth-order valence-corrected chi connectivity index (χ4v) is 2.03. The lowest BCUT2D eigenvalue weighted by atomic mass is 10.1. The Labute approximate surface area is 125 Å². The van der Waals surface area contributed by atoms with Gasteiger partial charge < -0.3 is 4.74 Å². The van der Waals surface area contributed by atoms with Gasteiger partial charge in [0, 0.05) is 11.6 Å². The lowest BCUT2D eigenvalue weighted by Crippen LogP contribution is -2.38. The molecule has 2 rings (SSSR count). The van der Waals surface area contributed by atoms with Crippen LogP contribution in [0.3, 0.4) is 0 Å². The van der Waals surface area contributed by atoms with Crippen molar-refractivity contribution < 1.29 is 27.5 Å². The number of rotatable bonds is 0. The predicted octanol–water partition coefficient (Wildman–Crippen LogP) is 3.91. The van der Waals surface area contributed by atoms with Crippen LogP contribution in [0.2, 0.25) is 0 Å². The van der Waals surface area contributed by atoms with E-state index in [4.69, 9.17) is 4.74 Å². The standard InChI is InChI=1S/C15H14F3NO3/c1-14(2,3)22-13(21)19-11-7-5-4-6-9(11)10(12(19)20)8-15(16,17)18/h4-8H,1-3H3/b10-8-. The molecule has 0 aromatic heterocycles. The fourth-order valence-electron chi connectivity index (χ4n) is 2.03. The molecule has 118 valence electrons. The van der Waals surface area contributed by atoms with Crippen LogP contribution < -0.4 is 4.90 Å². The minimum Gasteiger partial charge on any atom is -0.443 e. The molecule has 22 heavy (non-hydrogen) atoms. The maximum atomic E-state index is 12.6. The molecule has 1 aromatic carbocycles. The maximum absolute atomic E-state index is 12.6. The van der Waals surface area contributed by atoms with E-state index in [2.05, 4.69) is 0 Å². The number of allylic oxidation sites excluding steroid dienone is 1. The number of amides is 2. The third-order valence-electron chi connectivity index (χ3n) is 2.75. The number of fused-ring (bicyclic) bond motifs is 1. The molecule has 0 saturated heterocycles. The minimum absolute atomic E-state index is 0.0516. The number of halogens is 3. The molecule has 0 saturated carbocycles. The first kappa shape index (κ1) is 16.1. The first-order chi connectivity index (χ1) is 9.99. The van der Waals surface area contributed by atoms with E-state index in [1.165, 1.54) is 24.3 Å². The largest absolute Gasteiger partial charge is 0.443 e. The molecule has 2 amide bonds. The van der Waals surface area contributed by atoms with Gasteiger partial charge in [0.05, 0.1) is 11.3 Å². The normalized spacial score (nSPS) is 16.9. The first-order valence-electron chi connectivity index (χ1n) is 6.46. The molecule has 0 aliphatic carbocycles. The molecule has 0 bridgehead atoms. The van der Waals surface area contributed by atoms with Gasteiger partial charge in [0.25, 0.3) is 5.91 Å². The molecule has 1 aliphatic heterocycles. The lowest BCUT2D eigenvalue weighted by Gasteiger charge is -2.23. The van der Waals surface area contributed by atoms with Crippen molar-refractivity contribution in [2.45, 2.75) is 32.5 Å². The van der Waals surface area contributed by atoms with Gasteiger partial charge >= 0.3 is 12.3 Å². The van der Waals surface area contributed by atoms with Crippen molar-refractivity contribution in [2.75, 3.05) is 4.90 Å². The van der Waals surface area contributed by atoms with Crippen molar-refractivity contribution in [3.8, 4) is 0 Å². The number of anilines is 1. The Morgan fingerprint density at radius 1 is 1.18 bits per heavy atom. The van der Waals surface area contributed by atoms with E-state index in [9.17, 15) is 22.8 Å². The SMILES string of the molecule is CC(C)(C)OC(=O)N1C(=O)/C(=C\C(F)(F)F)c2ccccc21. The van der Waals surface area contributed by atoms with Gasteiger partial charge in [0.15, 0.2) is 0 Å². The Bertz CT molecular complexity index is 657. The number of nitrogens with zero attached hydrogens (tertiary/aromatic N) is 1. The molecular formula is C15H14F3NO3. The van der Waals surface area contributed by atoms with Gasteiger partial charge in [-0.15, -0.1) is 0 Å². The zero-order chi connectivity index (χ0) is 16.7. The number of hydrogen-bond donors (Lipinski definition) is 0. The molecule has 0 unspecified atom stereocenters. The maximum Gasteiger partial charge on any atom is 0.422 e. The van der Waals surface area contributed by atoms with Crippen LogP contribution in [-0.2, 0) is 9.53 Å². The van der Waals surface area contributed by atoms with Crippen LogP contribution in [-0.4, -0.2) is 23.8 Å². The smallest absolute Gasteiger partial charge is 0.422 e. The number of alkyl halides is 3. The highest BCUT2D eigenvalue weighted by Crippen LogP contribution is 2.39. The van der Waals surface area contributed by atoms with Gasteiger partial charge in [-0.3, -0.25) is 4.79 Å². The van der Waals surface area contributed by atoms with Gasteiger partial charge in [-0.25, -0.2) is 9.69 Å². The molecule has 1 aromatic rings. The van der Waals surface area contributed by atoms with Crippen molar-refractivity contribution in [3.05, 3.63) is 35.9 Å². The summed E-state index contributed by atoms with van der Waals surface area (Å²) in [6, 6.07) is 5.78. The second kappa shape index (κ2) is 5.15. The molecule has 0 spiro atoms. The number of para-hydroxylation sites is 1. The van der Waals surface area contributed by atoms with Gasteiger partial charge in [-0.2, -0.15) is 13.2 Å². The Balaban J connectivity index is 2.49. The number of benzene rings is 1. The van der Waals surface area contributed by atoms with E-state index in [0.717, 1.165) is 0 Å². The summed E-state index contributed by atoms with van der Waals surface area (Å²) in [7, 11) is 0. The predicted molar refractivity (Wildman–Crippen MR) is 74.2 cm³/mol. The summed E-state index contributed by atoms with van der Waals surface area (Å²) < 4.78 is 42.9. The average molecular weight is 313 g/mol. The van der Waals surface area contributed by atoms with Crippen LogP contribution in [0.15, 0.2) is 30.3 Å². The molecule has 0 N–H and O–H groups in total. The first-order valence-corrected chi connectivity index (χ1v) is 6.46. The number of carbonyl (C=O) groups excluding carboxylic acids is 2. The number of imide groups is 1. The molecule has 0 atom stereocenters. The van der Waals surface area contributed by atoms with Crippen molar-refractivity contribution in [2.24, 2.45) is 0 Å². The van der Waals surface area contributed by atoms with Crippen molar-refractivity contribution in [3.63, 3.8) is 0 Å². The molecular weight excluding hydrogens is 299 g/mol. The Kier molecular flexibility index (Phi) is 3.76. The van der Waals surface area contributed by atoms with E-state index >= 15 is 0 Å². The van der Waals surface area contributed by atoms with Crippen LogP contribution in [0, 0.1) is 0 Å². The minimum atomic E-state index is -4.66. The van der Waals surface area contributed by atoms with Gasteiger partial charge in [-0.05, 0) is 26.8 Å². The molecule has 1 aliphatic rings. The summed E-state index contributed by atoms with van der Waals surface area (Å²) in [4.78, 5) is 25.0. The molecule has 7 heteroatoms. The lowest BCUT2D eigenvalue weighted by molar-refractivity contribution is -0.113. The number of ether oxygens (including phenoxy) is 1. The average Bonchev–Trinajstić information content (AvgIpc) is 2.59. The Morgan fingerprint density at radius 2 is 1.77 bits per heavy atom. The van der Waals surface area contributed by atoms with Crippen LogP contribution in [0.4, 0.5) is 23.7 Å². The highest BCUT2D eigenvalue weighted by molar-refractivity contribution is 6.39. The summed E-state index contributed by atoms with van der Waals surface area (Å²) in [6.07, 6.45) is -5.77. The summed E-state index contributed by atoms with van der Waals surface area (Å²) >= 11 is 0. The zero-order valence-corrected chi connectivity index (χ0v) is 12.2. The Morgan fingerprint density at radius 3 is 2.32 bits per heavy atom. The third-order valence-corrected chi connectivity index (χ3v) is 2.75. The zero-order valence-electron chi connectivity index (χ0n) is 12.2. The summed E-state index contributed by atoms with van der Waals surface area (Å²) in [5, 5.41) is 0. The van der Waals surface area contributed by atoms with Gasteiger partial charge in [-0.1, -0.05) is 18.2 Å². The van der Waals surface area contributed by atoms with E-state index in [1.807, 2.05) is 0 Å². The molecule has 0 fully saturated rings. The van der Waals surface area contributed by atoms with Crippen LogP contribution >= 0.6 is 0 Å². The van der Waals surface area contributed by atoms with Crippen LogP contribution in [0.5, 0.6) is 0 Å². The van der Waals surface area contributed by atoms with Gasteiger partial charge in [0.1, 0.15) is 5.60 Å². The fraction of sp³-hybridized carbons (Fsp3) is 0.333. The van der Waals surface area contributed by atoms with E-state index in [1.54, 1.807) is 20.8 Å². The van der Waals surface area contributed by atoms with Crippen molar-refractivity contribution >= 4 is 23.3 Å². The van der Waals surface area contributed by atoms with Crippen LogP contribution in [0.25, 0.3) is 5.57 Å². The summed E-state index contributed by atoms with van der Waals surface area (Å²) in [5.74, 6) is -1.05. The van der Waals surface area contributed by atoms with Crippen LogP contribution in [0.1, 0.15) is 26.3 Å². The topological polar surface area (TPSA) is 46.6 Å². The monoisotopic (exact) mass is 313 g/mol. The third kappa shape index (κ3) is 3.29. The van der Waals surface area contributed by atoms with E-state index in [-0.39, 0.29) is 17.3 Å². The molecule has 1 heterocycles. The molecule has 0 radical (unpaired) electrons. The summed E-state index contributed by atoms with van der Waals surface area (Å²) in [5.41, 5.74) is -1.31. The second-order valence-electron chi connectivity index (χ2n) is 5.74. The van der Waals surface area contributed by atoms with Crippen molar-refractivity contribution in [1.29, 1.82) is 0 Å². The number of hydrogen-bond acceptors (Lipinski definition) is 3. The Hall–Kier alpha value is -2.31. The highest BCUT2D eigenvalue weighted by Gasteiger charge is 2.41. The number of carbonyl (C=O) groups is 2. The quantitative estimate of drug-likeness (QED) is 0.682. The van der Waals surface area contributed by atoms with E-state index in [0.29, 0.717) is 4.90 Å². The summed E-state index contributed by atoms with van der Waals surface area (Å²) in [6.45, 7) is 4.80. The van der Waals surface area contributed by atoms with E-state index < -0.39 is 29.4 Å². The highest BCUT2D eigenvalue weighted by atomic mass is 19.4. The van der Waals surface area contributed by atoms with Crippen molar-refractivity contribution in [1.82, 2.24) is 0 Å².